The molecule has 0 fully saturated rings. The Balaban J connectivity index is 1.92. The van der Waals surface area contributed by atoms with Crippen molar-refractivity contribution < 1.29 is 13.6 Å². The lowest BCUT2D eigenvalue weighted by molar-refractivity contribution is 0.0942. The van der Waals surface area contributed by atoms with E-state index in [-0.39, 0.29) is 17.8 Å². The molecule has 0 saturated carbocycles. The molecule has 2 heterocycles. The average molecular weight is 329 g/mol. The maximum Gasteiger partial charge on any atom is 0.255 e. The van der Waals surface area contributed by atoms with Gasteiger partial charge in [0.25, 0.3) is 5.91 Å². The molecule has 0 aliphatic rings. The molecule has 0 bridgehead atoms. The molecule has 1 atom stereocenters. The smallest absolute Gasteiger partial charge is 0.255 e. The zero-order chi connectivity index (χ0) is 16.4. The number of nitrogens with one attached hydrogen (secondary N) is 1. The molecular formula is C18H16FNO2S. The number of aryl methyl sites for hydroxylation is 2. The van der Waals surface area contributed by atoms with Crippen LogP contribution >= 0.6 is 11.3 Å². The van der Waals surface area contributed by atoms with E-state index in [4.69, 9.17) is 4.42 Å². The highest BCUT2D eigenvalue weighted by atomic mass is 32.1. The van der Waals surface area contributed by atoms with E-state index in [2.05, 4.69) is 5.32 Å². The van der Waals surface area contributed by atoms with Gasteiger partial charge in [0.15, 0.2) is 0 Å². The van der Waals surface area contributed by atoms with Gasteiger partial charge in [-0.1, -0.05) is 18.2 Å². The predicted octanol–water partition coefficient (Wildman–Crippen LogP) is 4.62. The Kier molecular flexibility index (Phi) is 4.30. The SMILES string of the molecule is Cc1cc(C(=O)NC(c2ccc(F)cc2)c2cccs2)c(C)o1. The predicted molar refractivity (Wildman–Crippen MR) is 88.2 cm³/mol. The Morgan fingerprint density at radius 2 is 1.96 bits per heavy atom. The molecule has 118 valence electrons. The summed E-state index contributed by atoms with van der Waals surface area (Å²) in [4.78, 5) is 13.6. The minimum atomic E-state index is -0.322. The Bertz CT molecular complexity index is 806. The van der Waals surface area contributed by atoms with Gasteiger partial charge in [-0.2, -0.15) is 0 Å². The normalized spacial score (nSPS) is 12.1. The molecule has 0 saturated heterocycles. The topological polar surface area (TPSA) is 42.2 Å². The van der Waals surface area contributed by atoms with Crippen LogP contribution in [0.4, 0.5) is 4.39 Å². The van der Waals surface area contributed by atoms with Gasteiger partial charge in [-0.3, -0.25) is 4.79 Å². The zero-order valence-electron chi connectivity index (χ0n) is 12.8. The van der Waals surface area contributed by atoms with Gasteiger partial charge in [0.2, 0.25) is 0 Å². The van der Waals surface area contributed by atoms with Crippen molar-refractivity contribution in [1.82, 2.24) is 5.32 Å². The minimum absolute atomic E-state index is 0.206. The lowest BCUT2D eigenvalue weighted by Gasteiger charge is -2.18. The molecule has 0 aliphatic carbocycles. The average Bonchev–Trinajstić information content (AvgIpc) is 3.15. The van der Waals surface area contributed by atoms with Gasteiger partial charge >= 0.3 is 0 Å². The third-order valence-corrected chi connectivity index (χ3v) is 4.53. The highest BCUT2D eigenvalue weighted by Gasteiger charge is 2.21. The molecule has 3 nitrogen and oxygen atoms in total. The first kappa shape index (κ1) is 15.5. The monoisotopic (exact) mass is 329 g/mol. The minimum Gasteiger partial charge on any atom is -0.466 e. The van der Waals surface area contributed by atoms with Crippen LogP contribution in [0.15, 0.2) is 52.3 Å². The van der Waals surface area contributed by atoms with Gasteiger partial charge in [-0.05, 0) is 49.1 Å². The summed E-state index contributed by atoms with van der Waals surface area (Å²) in [6.45, 7) is 3.57. The summed E-state index contributed by atoms with van der Waals surface area (Å²) in [7, 11) is 0. The second kappa shape index (κ2) is 6.38. The number of carbonyl (C=O) groups is 1. The van der Waals surface area contributed by atoms with E-state index in [0.717, 1.165) is 10.4 Å². The fraction of sp³-hybridized carbons (Fsp3) is 0.167. The van der Waals surface area contributed by atoms with Crippen LogP contribution in [0.5, 0.6) is 0 Å². The van der Waals surface area contributed by atoms with Crippen molar-refractivity contribution in [3.8, 4) is 0 Å². The number of hydrogen-bond acceptors (Lipinski definition) is 3. The third-order valence-electron chi connectivity index (χ3n) is 3.59. The Hall–Kier alpha value is -2.40. The van der Waals surface area contributed by atoms with Crippen molar-refractivity contribution in [3.05, 3.63) is 81.2 Å². The van der Waals surface area contributed by atoms with Gasteiger partial charge in [0, 0.05) is 4.88 Å². The van der Waals surface area contributed by atoms with Crippen LogP contribution < -0.4 is 5.32 Å². The number of carbonyl (C=O) groups excluding carboxylic acids is 1. The van der Waals surface area contributed by atoms with E-state index < -0.39 is 0 Å². The Labute approximate surface area is 137 Å². The molecule has 2 aromatic heterocycles. The summed E-state index contributed by atoms with van der Waals surface area (Å²) < 4.78 is 18.6. The van der Waals surface area contributed by atoms with Crippen molar-refractivity contribution in [3.63, 3.8) is 0 Å². The molecule has 3 aromatic rings. The fourth-order valence-electron chi connectivity index (χ4n) is 2.49. The Morgan fingerprint density at radius 1 is 1.22 bits per heavy atom. The van der Waals surface area contributed by atoms with Crippen molar-refractivity contribution >= 4 is 17.2 Å². The molecule has 1 N–H and O–H groups in total. The van der Waals surface area contributed by atoms with E-state index >= 15 is 0 Å². The second-order valence-corrected chi connectivity index (χ2v) is 6.28. The molecule has 0 aliphatic heterocycles. The standard InChI is InChI=1S/C18H16FNO2S/c1-11-10-15(12(2)22-11)18(21)20-17(16-4-3-9-23-16)13-5-7-14(19)8-6-13/h3-10,17H,1-2H3,(H,20,21). The maximum absolute atomic E-state index is 13.2. The van der Waals surface area contributed by atoms with Crippen LogP contribution in [0, 0.1) is 19.7 Å². The van der Waals surface area contributed by atoms with Gasteiger partial charge in [-0.25, -0.2) is 4.39 Å². The summed E-state index contributed by atoms with van der Waals surface area (Å²) in [5, 5.41) is 4.96. The molecule has 3 rings (SSSR count). The number of rotatable bonds is 4. The van der Waals surface area contributed by atoms with Crippen LogP contribution in [0.1, 0.15) is 38.4 Å². The lowest BCUT2D eigenvalue weighted by Crippen LogP contribution is -2.29. The van der Waals surface area contributed by atoms with Crippen LogP contribution in [-0.4, -0.2) is 5.91 Å². The van der Waals surface area contributed by atoms with Crippen LogP contribution in [0.2, 0.25) is 0 Å². The first-order valence-corrected chi connectivity index (χ1v) is 8.09. The van der Waals surface area contributed by atoms with Gasteiger partial charge in [-0.15, -0.1) is 11.3 Å². The number of furan rings is 1. The van der Waals surface area contributed by atoms with Gasteiger partial charge < -0.3 is 9.73 Å². The first-order valence-electron chi connectivity index (χ1n) is 7.21. The highest BCUT2D eigenvalue weighted by molar-refractivity contribution is 7.10. The van der Waals surface area contributed by atoms with Gasteiger partial charge in [0.05, 0.1) is 11.6 Å². The van der Waals surface area contributed by atoms with Crippen molar-refractivity contribution in [1.29, 1.82) is 0 Å². The second-order valence-electron chi connectivity index (χ2n) is 5.30. The van der Waals surface area contributed by atoms with Crippen molar-refractivity contribution in [2.75, 3.05) is 0 Å². The molecule has 1 aromatic carbocycles. The summed E-state index contributed by atoms with van der Waals surface area (Å²) in [5.41, 5.74) is 1.35. The molecule has 0 radical (unpaired) electrons. The van der Waals surface area contributed by atoms with Gasteiger partial charge in [0.1, 0.15) is 17.3 Å². The molecule has 1 unspecified atom stereocenters. The van der Waals surface area contributed by atoms with E-state index in [9.17, 15) is 9.18 Å². The summed E-state index contributed by atoms with van der Waals surface area (Å²) in [6, 6.07) is 11.5. The van der Waals surface area contributed by atoms with E-state index in [1.807, 2.05) is 17.5 Å². The van der Waals surface area contributed by atoms with E-state index in [1.165, 1.54) is 12.1 Å². The number of benzene rings is 1. The lowest BCUT2D eigenvalue weighted by atomic mass is 10.0. The maximum atomic E-state index is 13.2. The number of thiophene rings is 1. The molecule has 1 amide bonds. The zero-order valence-corrected chi connectivity index (χ0v) is 13.6. The molecule has 0 spiro atoms. The fourth-order valence-corrected chi connectivity index (χ4v) is 3.30. The summed E-state index contributed by atoms with van der Waals surface area (Å²) >= 11 is 1.54. The van der Waals surface area contributed by atoms with Crippen LogP contribution in [-0.2, 0) is 0 Å². The molecular weight excluding hydrogens is 313 g/mol. The third kappa shape index (κ3) is 3.35. The number of amides is 1. The summed E-state index contributed by atoms with van der Waals surface area (Å²) in [5.74, 6) is 0.777. The van der Waals surface area contributed by atoms with Crippen LogP contribution in [0.3, 0.4) is 0 Å². The quantitative estimate of drug-likeness (QED) is 0.759. The Morgan fingerprint density at radius 3 is 2.52 bits per heavy atom. The molecule has 23 heavy (non-hydrogen) atoms. The van der Waals surface area contributed by atoms with Crippen LogP contribution in [0.25, 0.3) is 0 Å². The number of halogens is 1. The molecule has 5 heteroatoms. The number of hydrogen-bond donors (Lipinski definition) is 1. The summed E-state index contributed by atoms with van der Waals surface area (Å²) in [6.07, 6.45) is 0. The van der Waals surface area contributed by atoms with E-state index in [0.29, 0.717) is 17.1 Å². The highest BCUT2D eigenvalue weighted by Crippen LogP contribution is 2.27. The van der Waals surface area contributed by atoms with Crippen molar-refractivity contribution in [2.24, 2.45) is 0 Å². The first-order chi connectivity index (χ1) is 11.0. The largest absolute Gasteiger partial charge is 0.466 e. The van der Waals surface area contributed by atoms with Crippen molar-refractivity contribution in [2.45, 2.75) is 19.9 Å². The van der Waals surface area contributed by atoms with E-state index in [1.54, 1.807) is 43.4 Å².